The zero-order valence-corrected chi connectivity index (χ0v) is 18.0. The number of hydrogen-bond donors (Lipinski definition) is 1. The SMILES string of the molecule is COCCN1C(=O)C(=Cc2ccc(-c3cccc(C(=O)O)c3)o2)SC1=Nc1ccccc1. The van der Waals surface area contributed by atoms with E-state index in [1.165, 1.54) is 17.8 Å². The van der Waals surface area contributed by atoms with E-state index in [9.17, 15) is 14.7 Å². The van der Waals surface area contributed by atoms with Gasteiger partial charge in [-0.2, -0.15) is 0 Å². The van der Waals surface area contributed by atoms with Crippen molar-refractivity contribution in [3.63, 3.8) is 0 Å². The Balaban J connectivity index is 1.61. The molecule has 0 radical (unpaired) electrons. The van der Waals surface area contributed by atoms with E-state index in [2.05, 4.69) is 4.99 Å². The number of hydrogen-bond acceptors (Lipinski definition) is 6. The number of methoxy groups -OCH3 is 1. The second-order valence-electron chi connectivity index (χ2n) is 6.88. The van der Waals surface area contributed by atoms with Crippen molar-refractivity contribution in [1.29, 1.82) is 0 Å². The minimum atomic E-state index is -1.00. The van der Waals surface area contributed by atoms with Gasteiger partial charge in [-0.1, -0.05) is 30.3 Å². The summed E-state index contributed by atoms with van der Waals surface area (Å²) in [5.74, 6) is -0.170. The first-order chi connectivity index (χ1) is 15.5. The molecule has 0 unspecified atom stereocenters. The second kappa shape index (κ2) is 9.67. The van der Waals surface area contributed by atoms with Gasteiger partial charge in [0.1, 0.15) is 11.5 Å². The number of para-hydroxylation sites is 1. The predicted octanol–water partition coefficient (Wildman–Crippen LogP) is 4.90. The molecule has 0 atom stereocenters. The highest BCUT2D eigenvalue weighted by Gasteiger charge is 2.33. The smallest absolute Gasteiger partial charge is 0.335 e. The topological polar surface area (TPSA) is 92.3 Å². The number of amides is 1. The Hall–Kier alpha value is -3.62. The lowest BCUT2D eigenvalue weighted by atomic mass is 10.1. The van der Waals surface area contributed by atoms with Gasteiger partial charge in [-0.25, -0.2) is 9.79 Å². The maximum absolute atomic E-state index is 13.0. The van der Waals surface area contributed by atoms with E-state index in [-0.39, 0.29) is 11.5 Å². The molecular weight excluding hydrogens is 428 g/mol. The van der Waals surface area contributed by atoms with Crippen LogP contribution in [0.5, 0.6) is 0 Å². The van der Waals surface area contributed by atoms with Crippen LogP contribution in [0.1, 0.15) is 16.1 Å². The monoisotopic (exact) mass is 448 g/mol. The van der Waals surface area contributed by atoms with Crippen LogP contribution in [0, 0.1) is 0 Å². The Labute approximate surface area is 189 Å². The molecule has 1 fully saturated rings. The molecule has 4 rings (SSSR count). The van der Waals surface area contributed by atoms with E-state index in [4.69, 9.17) is 9.15 Å². The van der Waals surface area contributed by atoms with Crippen molar-refractivity contribution in [2.75, 3.05) is 20.3 Å². The lowest BCUT2D eigenvalue weighted by Crippen LogP contribution is -2.32. The third-order valence-electron chi connectivity index (χ3n) is 4.68. The van der Waals surface area contributed by atoms with Gasteiger partial charge in [0.05, 0.1) is 29.3 Å². The molecule has 162 valence electrons. The standard InChI is InChI=1S/C24H20N2O5S/c1-30-13-12-26-22(27)21(32-24(26)25-18-8-3-2-4-9-18)15-19-10-11-20(31-19)16-6-5-7-17(14-16)23(28)29/h2-11,14-15H,12-13H2,1H3,(H,28,29). The molecule has 32 heavy (non-hydrogen) atoms. The number of ether oxygens (including phenoxy) is 1. The number of furan rings is 1. The Bertz CT molecular complexity index is 1200. The molecule has 1 saturated heterocycles. The number of carbonyl (C=O) groups excluding carboxylic acids is 1. The summed E-state index contributed by atoms with van der Waals surface area (Å²) in [7, 11) is 1.59. The van der Waals surface area contributed by atoms with Gasteiger partial charge in [-0.3, -0.25) is 9.69 Å². The Kier molecular flexibility index (Phi) is 6.53. The molecule has 1 N–H and O–H groups in total. The van der Waals surface area contributed by atoms with E-state index in [0.29, 0.717) is 40.3 Å². The molecule has 0 spiro atoms. The van der Waals surface area contributed by atoms with Crippen molar-refractivity contribution in [3.8, 4) is 11.3 Å². The van der Waals surface area contributed by atoms with Gasteiger partial charge in [0, 0.05) is 18.7 Å². The molecule has 3 aromatic rings. The number of amidine groups is 1. The van der Waals surface area contributed by atoms with Crippen molar-refractivity contribution < 1.29 is 23.8 Å². The van der Waals surface area contributed by atoms with Gasteiger partial charge in [0.15, 0.2) is 5.17 Å². The minimum absolute atomic E-state index is 0.174. The summed E-state index contributed by atoms with van der Waals surface area (Å²) in [6.45, 7) is 0.773. The van der Waals surface area contributed by atoms with Crippen LogP contribution >= 0.6 is 11.8 Å². The summed E-state index contributed by atoms with van der Waals surface area (Å²) < 4.78 is 11.0. The van der Waals surface area contributed by atoms with Gasteiger partial charge in [-0.15, -0.1) is 0 Å². The zero-order valence-electron chi connectivity index (χ0n) is 17.2. The van der Waals surface area contributed by atoms with Crippen LogP contribution < -0.4 is 0 Å². The molecule has 1 amide bonds. The summed E-state index contributed by atoms with van der Waals surface area (Å²) in [6, 6.07) is 19.4. The normalized spacial score (nSPS) is 16.3. The summed E-state index contributed by atoms with van der Waals surface area (Å²) in [5.41, 5.74) is 1.58. The molecule has 7 nitrogen and oxygen atoms in total. The minimum Gasteiger partial charge on any atom is -0.478 e. The van der Waals surface area contributed by atoms with Crippen LogP contribution in [0.4, 0.5) is 5.69 Å². The van der Waals surface area contributed by atoms with Gasteiger partial charge >= 0.3 is 5.97 Å². The van der Waals surface area contributed by atoms with Crippen molar-refractivity contribution in [3.05, 3.63) is 83.0 Å². The molecule has 1 aromatic heterocycles. The van der Waals surface area contributed by atoms with E-state index in [1.807, 2.05) is 30.3 Å². The van der Waals surface area contributed by atoms with E-state index in [0.717, 1.165) is 5.69 Å². The fraction of sp³-hybridized carbons (Fsp3) is 0.125. The number of rotatable bonds is 7. The summed E-state index contributed by atoms with van der Waals surface area (Å²) in [6.07, 6.45) is 1.67. The van der Waals surface area contributed by atoms with Crippen LogP contribution in [0.25, 0.3) is 17.4 Å². The fourth-order valence-electron chi connectivity index (χ4n) is 3.10. The Morgan fingerprint density at radius 2 is 1.97 bits per heavy atom. The number of aromatic carboxylic acids is 1. The number of thioether (sulfide) groups is 1. The number of carbonyl (C=O) groups is 2. The summed E-state index contributed by atoms with van der Waals surface area (Å²) >= 11 is 1.27. The third kappa shape index (κ3) is 4.82. The summed E-state index contributed by atoms with van der Waals surface area (Å²) in [5, 5.41) is 9.77. The maximum atomic E-state index is 13.0. The van der Waals surface area contributed by atoms with Gasteiger partial charge in [0.25, 0.3) is 5.91 Å². The number of carboxylic acid groups (broad SMARTS) is 1. The fourth-order valence-corrected chi connectivity index (χ4v) is 4.11. The third-order valence-corrected chi connectivity index (χ3v) is 5.69. The zero-order chi connectivity index (χ0) is 22.5. The predicted molar refractivity (Wildman–Crippen MR) is 124 cm³/mol. The first-order valence-corrected chi connectivity index (χ1v) is 10.6. The number of benzene rings is 2. The first kappa shape index (κ1) is 21.6. The molecule has 2 aromatic carbocycles. The quantitative estimate of drug-likeness (QED) is 0.517. The molecule has 0 aliphatic carbocycles. The van der Waals surface area contributed by atoms with Gasteiger partial charge < -0.3 is 14.3 Å². The van der Waals surface area contributed by atoms with Crippen molar-refractivity contribution in [1.82, 2.24) is 4.90 Å². The number of aliphatic imine (C=N–C) groups is 1. The Morgan fingerprint density at radius 3 is 2.72 bits per heavy atom. The largest absolute Gasteiger partial charge is 0.478 e. The van der Waals surface area contributed by atoms with Crippen LogP contribution in [0.15, 0.2) is 81.0 Å². The first-order valence-electron chi connectivity index (χ1n) is 9.83. The summed E-state index contributed by atoms with van der Waals surface area (Å²) in [4.78, 5) is 30.9. The lowest BCUT2D eigenvalue weighted by Gasteiger charge is -2.14. The second-order valence-corrected chi connectivity index (χ2v) is 7.89. The molecular formula is C24H20N2O5S. The van der Waals surface area contributed by atoms with Crippen molar-refractivity contribution in [2.24, 2.45) is 4.99 Å². The molecule has 1 aliphatic rings. The van der Waals surface area contributed by atoms with Crippen LogP contribution in [-0.2, 0) is 9.53 Å². The average molecular weight is 449 g/mol. The van der Waals surface area contributed by atoms with Gasteiger partial charge in [0.2, 0.25) is 0 Å². The van der Waals surface area contributed by atoms with Crippen molar-refractivity contribution >= 4 is 40.6 Å². The highest BCUT2D eigenvalue weighted by atomic mass is 32.2. The highest BCUT2D eigenvalue weighted by molar-refractivity contribution is 8.18. The molecule has 2 heterocycles. The van der Waals surface area contributed by atoms with E-state index in [1.54, 1.807) is 48.4 Å². The van der Waals surface area contributed by atoms with E-state index >= 15 is 0 Å². The van der Waals surface area contributed by atoms with E-state index < -0.39 is 5.97 Å². The average Bonchev–Trinajstić information content (AvgIpc) is 3.38. The molecule has 0 saturated carbocycles. The van der Waals surface area contributed by atoms with Crippen molar-refractivity contribution in [2.45, 2.75) is 0 Å². The van der Waals surface area contributed by atoms with Crippen LogP contribution in [0.3, 0.4) is 0 Å². The molecule has 8 heteroatoms. The molecule has 1 aliphatic heterocycles. The van der Waals surface area contributed by atoms with Gasteiger partial charge in [-0.05, 0) is 48.2 Å². The lowest BCUT2D eigenvalue weighted by molar-refractivity contribution is -0.122. The van der Waals surface area contributed by atoms with Crippen LogP contribution in [-0.4, -0.2) is 47.3 Å². The van der Waals surface area contributed by atoms with Crippen LogP contribution in [0.2, 0.25) is 0 Å². The number of carboxylic acids is 1. The number of nitrogens with zero attached hydrogens (tertiary/aromatic N) is 2. The molecule has 0 bridgehead atoms. The highest BCUT2D eigenvalue weighted by Crippen LogP contribution is 2.35. The maximum Gasteiger partial charge on any atom is 0.335 e. The Morgan fingerprint density at radius 1 is 1.16 bits per heavy atom.